The van der Waals surface area contributed by atoms with Gasteiger partial charge in [-0.25, -0.2) is 4.98 Å². The van der Waals surface area contributed by atoms with E-state index in [-0.39, 0.29) is 11.8 Å². The van der Waals surface area contributed by atoms with Gasteiger partial charge in [-0.05, 0) is 24.3 Å². The maximum atomic E-state index is 11.5. The Balaban J connectivity index is 1.93. The first-order valence-electron chi connectivity index (χ1n) is 5.62. The van der Waals surface area contributed by atoms with Gasteiger partial charge in [0.1, 0.15) is 5.82 Å². The van der Waals surface area contributed by atoms with E-state index in [0.29, 0.717) is 22.6 Å². The average molecular weight is 254 g/mol. The number of benzene rings is 1. The number of carbonyl (C=O) groups excluding carboxylic acids is 2. The highest BCUT2D eigenvalue weighted by molar-refractivity contribution is 6.21. The van der Waals surface area contributed by atoms with Crippen LogP contribution in [0, 0.1) is 0 Å². The van der Waals surface area contributed by atoms with E-state index in [1.54, 1.807) is 36.5 Å². The molecule has 1 aliphatic heterocycles. The molecule has 0 unspecified atom stereocenters. The standard InChI is InChI=1S/C13H10N4O2/c14-11-6-8(3-4-15-11)16-7-1-2-9-10(5-7)13(19)17-12(9)18/h1-6H,(H3,14,15,16)(H,17,18,19). The molecule has 0 fully saturated rings. The Morgan fingerprint density at radius 1 is 1.00 bits per heavy atom. The normalized spacial score (nSPS) is 13.1. The fraction of sp³-hybridized carbons (Fsp3) is 0. The number of nitrogens with two attached hydrogens (primary N) is 1. The second-order valence-corrected chi connectivity index (χ2v) is 4.14. The van der Waals surface area contributed by atoms with E-state index in [2.05, 4.69) is 15.6 Å². The fourth-order valence-corrected chi connectivity index (χ4v) is 1.94. The molecule has 6 nitrogen and oxygen atoms in total. The Morgan fingerprint density at radius 2 is 1.74 bits per heavy atom. The third kappa shape index (κ3) is 1.99. The van der Waals surface area contributed by atoms with Gasteiger partial charge in [-0.1, -0.05) is 0 Å². The van der Waals surface area contributed by atoms with Crippen molar-refractivity contribution in [3.8, 4) is 0 Å². The summed E-state index contributed by atoms with van der Waals surface area (Å²) in [7, 11) is 0. The summed E-state index contributed by atoms with van der Waals surface area (Å²) in [4.78, 5) is 26.8. The van der Waals surface area contributed by atoms with Crippen molar-refractivity contribution in [1.29, 1.82) is 0 Å². The van der Waals surface area contributed by atoms with Crippen LogP contribution in [-0.4, -0.2) is 16.8 Å². The lowest BCUT2D eigenvalue weighted by Gasteiger charge is -2.07. The van der Waals surface area contributed by atoms with Crippen molar-refractivity contribution in [3.63, 3.8) is 0 Å². The number of fused-ring (bicyclic) bond motifs is 1. The van der Waals surface area contributed by atoms with Crippen molar-refractivity contribution in [2.45, 2.75) is 0 Å². The highest BCUT2D eigenvalue weighted by atomic mass is 16.2. The number of nitrogen functional groups attached to an aromatic ring is 1. The number of amides is 2. The lowest BCUT2D eigenvalue weighted by Crippen LogP contribution is -2.19. The minimum atomic E-state index is -0.377. The molecule has 2 amide bonds. The predicted molar refractivity (Wildman–Crippen MR) is 70.2 cm³/mol. The minimum absolute atomic E-state index is 0.361. The Bertz CT molecular complexity index is 697. The largest absolute Gasteiger partial charge is 0.384 e. The molecule has 0 atom stereocenters. The number of hydrogen-bond acceptors (Lipinski definition) is 5. The summed E-state index contributed by atoms with van der Waals surface area (Å²) in [5.74, 6) is -0.336. The van der Waals surface area contributed by atoms with Crippen LogP contribution in [0.25, 0.3) is 0 Å². The molecule has 2 aromatic rings. The van der Waals surface area contributed by atoms with Crippen LogP contribution >= 0.6 is 0 Å². The first-order chi connectivity index (χ1) is 9.13. The van der Waals surface area contributed by atoms with Gasteiger partial charge in [-0.15, -0.1) is 0 Å². The Kier molecular flexibility index (Phi) is 2.42. The third-order valence-corrected chi connectivity index (χ3v) is 2.81. The molecule has 1 aromatic carbocycles. The molecule has 1 aliphatic rings. The van der Waals surface area contributed by atoms with Crippen molar-refractivity contribution < 1.29 is 9.59 Å². The third-order valence-electron chi connectivity index (χ3n) is 2.81. The van der Waals surface area contributed by atoms with Gasteiger partial charge in [0, 0.05) is 23.6 Å². The van der Waals surface area contributed by atoms with Gasteiger partial charge < -0.3 is 11.1 Å². The molecule has 0 aliphatic carbocycles. The summed E-state index contributed by atoms with van der Waals surface area (Å²) in [6, 6.07) is 8.41. The molecular formula is C13H10N4O2. The number of anilines is 3. The van der Waals surface area contributed by atoms with Crippen LogP contribution in [0.15, 0.2) is 36.5 Å². The van der Waals surface area contributed by atoms with E-state index < -0.39 is 0 Å². The first kappa shape index (κ1) is 11.2. The second kappa shape index (κ2) is 4.09. The summed E-state index contributed by atoms with van der Waals surface area (Å²) in [5, 5.41) is 5.35. The van der Waals surface area contributed by atoms with E-state index in [4.69, 9.17) is 5.73 Å². The lowest BCUT2D eigenvalue weighted by molar-refractivity contribution is 0.0879. The molecule has 0 spiro atoms. The van der Waals surface area contributed by atoms with Gasteiger partial charge in [0.15, 0.2) is 0 Å². The Hall–Kier alpha value is -2.89. The molecule has 2 heterocycles. The summed E-state index contributed by atoms with van der Waals surface area (Å²) in [6.07, 6.45) is 1.58. The second-order valence-electron chi connectivity index (χ2n) is 4.14. The van der Waals surface area contributed by atoms with Gasteiger partial charge in [0.2, 0.25) is 0 Å². The number of pyridine rings is 1. The van der Waals surface area contributed by atoms with E-state index in [0.717, 1.165) is 5.69 Å². The summed E-state index contributed by atoms with van der Waals surface area (Å²) in [5.41, 5.74) is 7.81. The molecule has 3 rings (SSSR count). The Morgan fingerprint density at radius 3 is 2.53 bits per heavy atom. The van der Waals surface area contributed by atoms with Crippen LogP contribution in [0.2, 0.25) is 0 Å². The van der Waals surface area contributed by atoms with Crippen LogP contribution in [-0.2, 0) is 0 Å². The molecule has 1 aromatic heterocycles. The molecule has 0 bridgehead atoms. The zero-order chi connectivity index (χ0) is 13.4. The molecule has 0 saturated carbocycles. The van der Waals surface area contributed by atoms with Crippen molar-refractivity contribution in [1.82, 2.24) is 10.3 Å². The van der Waals surface area contributed by atoms with E-state index in [9.17, 15) is 9.59 Å². The molecule has 0 radical (unpaired) electrons. The minimum Gasteiger partial charge on any atom is -0.384 e. The number of nitrogens with one attached hydrogen (secondary N) is 2. The van der Waals surface area contributed by atoms with E-state index in [1.165, 1.54) is 0 Å². The number of nitrogens with zero attached hydrogens (tertiary/aromatic N) is 1. The molecule has 4 N–H and O–H groups in total. The van der Waals surface area contributed by atoms with Gasteiger partial charge in [0.05, 0.1) is 11.1 Å². The number of hydrogen-bond donors (Lipinski definition) is 3. The summed E-state index contributed by atoms with van der Waals surface area (Å²) < 4.78 is 0. The maximum absolute atomic E-state index is 11.5. The summed E-state index contributed by atoms with van der Waals surface area (Å²) in [6.45, 7) is 0. The topological polar surface area (TPSA) is 97.1 Å². The van der Waals surface area contributed by atoms with Gasteiger partial charge in [-0.3, -0.25) is 14.9 Å². The van der Waals surface area contributed by atoms with Gasteiger partial charge >= 0.3 is 0 Å². The summed E-state index contributed by atoms with van der Waals surface area (Å²) >= 11 is 0. The van der Waals surface area contributed by atoms with Crippen molar-refractivity contribution >= 4 is 29.0 Å². The van der Waals surface area contributed by atoms with Crippen molar-refractivity contribution in [3.05, 3.63) is 47.7 Å². The van der Waals surface area contributed by atoms with Gasteiger partial charge in [-0.2, -0.15) is 0 Å². The molecule has 94 valence electrons. The van der Waals surface area contributed by atoms with Gasteiger partial charge in [0.25, 0.3) is 11.8 Å². The number of carbonyl (C=O) groups is 2. The SMILES string of the molecule is Nc1cc(Nc2ccc3c(c2)C(=O)NC3=O)ccn1. The number of aromatic nitrogens is 1. The van der Waals surface area contributed by atoms with Crippen LogP contribution in [0.1, 0.15) is 20.7 Å². The highest BCUT2D eigenvalue weighted by Gasteiger charge is 2.26. The van der Waals surface area contributed by atoms with E-state index in [1.807, 2.05) is 0 Å². The smallest absolute Gasteiger partial charge is 0.259 e. The average Bonchev–Trinajstić information content (AvgIpc) is 2.65. The van der Waals surface area contributed by atoms with Crippen LogP contribution < -0.4 is 16.4 Å². The predicted octanol–water partition coefficient (Wildman–Crippen LogP) is 1.29. The molecule has 0 saturated heterocycles. The van der Waals surface area contributed by atoms with Crippen molar-refractivity contribution in [2.24, 2.45) is 0 Å². The maximum Gasteiger partial charge on any atom is 0.259 e. The van der Waals surface area contributed by atoms with E-state index >= 15 is 0 Å². The highest BCUT2D eigenvalue weighted by Crippen LogP contribution is 2.23. The lowest BCUT2D eigenvalue weighted by atomic mass is 10.1. The zero-order valence-electron chi connectivity index (χ0n) is 9.81. The van der Waals surface area contributed by atoms with Crippen LogP contribution in [0.4, 0.5) is 17.2 Å². The van der Waals surface area contributed by atoms with Crippen LogP contribution in [0.3, 0.4) is 0 Å². The Labute approximate surface area is 108 Å². The quantitative estimate of drug-likeness (QED) is 0.701. The number of rotatable bonds is 2. The van der Waals surface area contributed by atoms with Crippen molar-refractivity contribution in [2.75, 3.05) is 11.1 Å². The monoisotopic (exact) mass is 254 g/mol. The fourth-order valence-electron chi connectivity index (χ4n) is 1.94. The van der Waals surface area contributed by atoms with Crippen LogP contribution in [0.5, 0.6) is 0 Å². The molecule has 6 heteroatoms. The zero-order valence-corrected chi connectivity index (χ0v) is 9.81. The molecule has 19 heavy (non-hydrogen) atoms. The molecular weight excluding hydrogens is 244 g/mol. The first-order valence-corrected chi connectivity index (χ1v) is 5.62. The number of imide groups is 1.